The third kappa shape index (κ3) is 4.89. The van der Waals surface area contributed by atoms with Crippen LogP contribution < -0.4 is 0 Å². The summed E-state index contributed by atoms with van der Waals surface area (Å²) in [6.45, 7) is 4.06. The Morgan fingerprint density at radius 1 is 1.26 bits per heavy atom. The first-order valence-electron chi connectivity index (χ1n) is 7.50. The van der Waals surface area contributed by atoms with Crippen LogP contribution in [0.25, 0.3) is 0 Å². The molecule has 0 atom stereocenters. The Bertz CT molecular complexity index is 679. The molecular weight excluding hydrogens is 312 g/mol. The van der Waals surface area contributed by atoms with Crippen molar-refractivity contribution in [3.05, 3.63) is 51.5 Å². The van der Waals surface area contributed by atoms with Crippen LogP contribution in [0, 0.1) is 6.92 Å². The van der Waals surface area contributed by atoms with Gasteiger partial charge in [-0.2, -0.15) is 0 Å². The van der Waals surface area contributed by atoms with Crippen LogP contribution in [0.5, 0.6) is 0 Å². The molecule has 1 N–H and O–H groups in total. The monoisotopic (exact) mass is 332 g/mol. The van der Waals surface area contributed by atoms with Gasteiger partial charge in [0, 0.05) is 18.3 Å². The number of amides is 1. The molecule has 6 heteroatoms. The van der Waals surface area contributed by atoms with Crippen LogP contribution in [-0.2, 0) is 11.2 Å². The first-order valence-corrected chi connectivity index (χ1v) is 8.38. The summed E-state index contributed by atoms with van der Waals surface area (Å²) in [5.41, 5.74) is 2.67. The molecule has 1 heterocycles. The Balaban J connectivity index is 2.08. The Morgan fingerprint density at radius 2 is 1.96 bits per heavy atom. The van der Waals surface area contributed by atoms with Gasteiger partial charge in [-0.3, -0.25) is 9.59 Å². The zero-order valence-corrected chi connectivity index (χ0v) is 14.1. The third-order valence-corrected chi connectivity index (χ3v) is 4.20. The second-order valence-electron chi connectivity index (χ2n) is 5.41. The molecule has 0 unspecified atom stereocenters. The second-order valence-corrected chi connectivity index (χ2v) is 6.35. The Kier molecular flexibility index (Phi) is 5.87. The van der Waals surface area contributed by atoms with Crippen LogP contribution in [0.4, 0.5) is 0 Å². The third-order valence-electron chi connectivity index (χ3n) is 3.35. The first kappa shape index (κ1) is 17.1. The lowest BCUT2D eigenvalue weighted by atomic mass is 10.1. The lowest BCUT2D eigenvalue weighted by molar-refractivity contribution is -0.137. The molecule has 122 valence electrons. The lowest BCUT2D eigenvalue weighted by Crippen LogP contribution is -2.36. The Hall–Kier alpha value is -2.21. The van der Waals surface area contributed by atoms with Crippen molar-refractivity contribution in [3.8, 4) is 0 Å². The predicted octanol–water partition coefficient (Wildman–Crippen LogP) is 2.98. The van der Waals surface area contributed by atoms with Crippen molar-refractivity contribution in [2.24, 2.45) is 0 Å². The number of carbonyl (C=O) groups is 2. The van der Waals surface area contributed by atoms with E-state index < -0.39 is 5.97 Å². The summed E-state index contributed by atoms with van der Waals surface area (Å²) in [7, 11) is 0. The van der Waals surface area contributed by atoms with Gasteiger partial charge in [-0.1, -0.05) is 36.8 Å². The summed E-state index contributed by atoms with van der Waals surface area (Å²) in [5, 5.41) is 11.5. The number of thiazole rings is 1. The smallest absolute Gasteiger partial charge is 0.323 e. The normalized spacial score (nSPS) is 10.5. The highest BCUT2D eigenvalue weighted by Crippen LogP contribution is 2.17. The molecule has 1 aromatic heterocycles. The molecule has 0 bridgehead atoms. The minimum absolute atomic E-state index is 0.294. The van der Waals surface area contributed by atoms with E-state index in [1.54, 1.807) is 5.38 Å². The highest BCUT2D eigenvalue weighted by molar-refractivity contribution is 7.09. The highest BCUT2D eigenvalue weighted by Gasteiger charge is 2.20. The lowest BCUT2D eigenvalue weighted by Gasteiger charge is -2.18. The van der Waals surface area contributed by atoms with E-state index in [9.17, 15) is 9.59 Å². The molecule has 0 aliphatic rings. The molecule has 2 rings (SSSR count). The van der Waals surface area contributed by atoms with E-state index in [0.29, 0.717) is 25.1 Å². The molecule has 0 aliphatic heterocycles. The molecule has 0 saturated carbocycles. The predicted molar refractivity (Wildman–Crippen MR) is 89.9 cm³/mol. The average molecular weight is 332 g/mol. The van der Waals surface area contributed by atoms with Gasteiger partial charge in [-0.25, -0.2) is 4.98 Å². The van der Waals surface area contributed by atoms with E-state index >= 15 is 0 Å². The fraction of sp³-hybridized carbons (Fsp3) is 0.353. The van der Waals surface area contributed by atoms with Crippen molar-refractivity contribution < 1.29 is 14.7 Å². The molecule has 5 nitrogen and oxygen atoms in total. The SMILES string of the molecule is CCCN(CC(=O)O)C(=O)c1csc(Cc2ccc(C)cc2)n1. The van der Waals surface area contributed by atoms with E-state index in [-0.39, 0.29) is 12.5 Å². The van der Waals surface area contributed by atoms with Crippen LogP contribution in [0.1, 0.15) is 40.0 Å². The van der Waals surface area contributed by atoms with Crippen molar-refractivity contribution in [1.82, 2.24) is 9.88 Å². The van der Waals surface area contributed by atoms with Gasteiger partial charge in [-0.05, 0) is 18.9 Å². The number of carbonyl (C=O) groups excluding carboxylic acids is 1. The molecule has 0 fully saturated rings. The number of carboxylic acids is 1. The molecule has 23 heavy (non-hydrogen) atoms. The highest BCUT2D eigenvalue weighted by atomic mass is 32.1. The molecular formula is C17H20N2O3S. The van der Waals surface area contributed by atoms with Gasteiger partial charge in [0.15, 0.2) is 0 Å². The fourth-order valence-electron chi connectivity index (χ4n) is 2.22. The van der Waals surface area contributed by atoms with E-state index in [1.165, 1.54) is 21.8 Å². The van der Waals surface area contributed by atoms with Crippen molar-refractivity contribution in [1.29, 1.82) is 0 Å². The Labute approximate surface area is 139 Å². The van der Waals surface area contributed by atoms with E-state index in [0.717, 1.165) is 10.6 Å². The zero-order chi connectivity index (χ0) is 16.8. The topological polar surface area (TPSA) is 70.5 Å². The quantitative estimate of drug-likeness (QED) is 0.846. The molecule has 0 spiro atoms. The Morgan fingerprint density at radius 3 is 2.57 bits per heavy atom. The second kappa shape index (κ2) is 7.87. The number of benzene rings is 1. The molecule has 1 amide bonds. The zero-order valence-electron chi connectivity index (χ0n) is 13.3. The minimum Gasteiger partial charge on any atom is -0.480 e. The van der Waals surface area contributed by atoms with Gasteiger partial charge in [0.25, 0.3) is 5.91 Å². The summed E-state index contributed by atoms with van der Waals surface area (Å²) >= 11 is 1.43. The molecule has 0 radical (unpaired) electrons. The van der Waals surface area contributed by atoms with Crippen molar-refractivity contribution >= 4 is 23.2 Å². The van der Waals surface area contributed by atoms with Gasteiger partial charge in [-0.15, -0.1) is 11.3 Å². The number of nitrogens with zero attached hydrogens (tertiary/aromatic N) is 2. The van der Waals surface area contributed by atoms with E-state index in [4.69, 9.17) is 5.11 Å². The van der Waals surface area contributed by atoms with Crippen molar-refractivity contribution in [2.45, 2.75) is 26.7 Å². The maximum absolute atomic E-state index is 12.4. The standard InChI is InChI=1S/C17H20N2O3S/c1-3-8-19(10-16(20)21)17(22)14-11-23-15(18-14)9-13-6-4-12(2)5-7-13/h4-7,11H,3,8-10H2,1-2H3,(H,20,21). The average Bonchev–Trinajstić information content (AvgIpc) is 2.96. The number of aromatic nitrogens is 1. The van der Waals surface area contributed by atoms with Crippen LogP contribution in [0.15, 0.2) is 29.6 Å². The minimum atomic E-state index is -1.01. The fourth-order valence-corrected chi connectivity index (χ4v) is 3.02. The van der Waals surface area contributed by atoms with Gasteiger partial charge in [0.1, 0.15) is 12.2 Å². The summed E-state index contributed by atoms with van der Waals surface area (Å²) < 4.78 is 0. The number of hydrogen-bond donors (Lipinski definition) is 1. The summed E-state index contributed by atoms with van der Waals surface area (Å²) in [4.78, 5) is 29.0. The largest absolute Gasteiger partial charge is 0.480 e. The molecule has 0 aliphatic carbocycles. The van der Waals surface area contributed by atoms with Gasteiger partial charge in [0.05, 0.1) is 5.01 Å². The van der Waals surface area contributed by atoms with Crippen molar-refractivity contribution in [3.63, 3.8) is 0 Å². The van der Waals surface area contributed by atoms with Crippen LogP contribution in [0.2, 0.25) is 0 Å². The number of aryl methyl sites for hydroxylation is 1. The number of hydrogen-bond acceptors (Lipinski definition) is 4. The van der Waals surface area contributed by atoms with Crippen LogP contribution in [-0.4, -0.2) is 40.0 Å². The van der Waals surface area contributed by atoms with E-state index in [2.05, 4.69) is 4.98 Å². The maximum atomic E-state index is 12.4. The molecule has 2 aromatic rings. The van der Waals surface area contributed by atoms with Crippen molar-refractivity contribution in [2.75, 3.05) is 13.1 Å². The van der Waals surface area contributed by atoms with Gasteiger partial charge in [0.2, 0.25) is 0 Å². The first-order chi connectivity index (χ1) is 11.0. The van der Waals surface area contributed by atoms with Crippen LogP contribution in [0.3, 0.4) is 0 Å². The maximum Gasteiger partial charge on any atom is 0.323 e. The summed E-state index contributed by atoms with van der Waals surface area (Å²) in [6, 6.07) is 8.19. The van der Waals surface area contributed by atoms with Crippen LogP contribution >= 0.6 is 11.3 Å². The number of aliphatic carboxylic acids is 1. The molecule has 1 aromatic carbocycles. The summed E-state index contributed by atoms with van der Waals surface area (Å²) in [6.07, 6.45) is 1.38. The summed E-state index contributed by atoms with van der Waals surface area (Å²) in [5.74, 6) is -1.33. The van der Waals surface area contributed by atoms with Gasteiger partial charge >= 0.3 is 5.97 Å². The number of carboxylic acid groups (broad SMARTS) is 1. The van der Waals surface area contributed by atoms with E-state index in [1.807, 2.05) is 38.1 Å². The molecule has 0 saturated heterocycles. The van der Waals surface area contributed by atoms with Gasteiger partial charge < -0.3 is 10.0 Å². The number of rotatable bonds is 7.